The Morgan fingerprint density at radius 1 is 1.05 bits per heavy atom. The van der Waals surface area contributed by atoms with E-state index >= 15 is 0 Å². The van der Waals surface area contributed by atoms with E-state index < -0.39 is 17.7 Å². The predicted octanol–water partition coefficient (Wildman–Crippen LogP) is 6.48. The Bertz CT molecular complexity index is 1470. The summed E-state index contributed by atoms with van der Waals surface area (Å²) in [6.45, 7) is 2.31. The predicted molar refractivity (Wildman–Crippen MR) is 135 cm³/mol. The van der Waals surface area contributed by atoms with E-state index in [1.807, 2.05) is 6.92 Å². The van der Waals surface area contributed by atoms with Crippen molar-refractivity contribution >= 4 is 23.8 Å². The fourth-order valence-electron chi connectivity index (χ4n) is 3.60. The molecule has 198 valence electrons. The Morgan fingerprint density at radius 2 is 1.76 bits per heavy atom. The Kier molecular flexibility index (Phi) is 7.81. The molecule has 12 heteroatoms. The molecule has 4 rings (SSSR count). The number of alkyl halides is 3. The molecule has 2 aromatic heterocycles. The summed E-state index contributed by atoms with van der Waals surface area (Å²) in [5, 5.41) is 18.6. The summed E-state index contributed by atoms with van der Waals surface area (Å²) >= 11 is 0.869. The summed E-state index contributed by atoms with van der Waals surface area (Å²) in [4.78, 5) is 11.9. The number of carboxylic acid groups (broad SMARTS) is 1. The van der Waals surface area contributed by atoms with E-state index in [0.29, 0.717) is 34.6 Å². The van der Waals surface area contributed by atoms with Crippen LogP contribution in [0.3, 0.4) is 0 Å². The van der Waals surface area contributed by atoms with Crippen LogP contribution in [0.5, 0.6) is 11.5 Å². The quantitative estimate of drug-likeness (QED) is 0.189. The second-order valence-electron chi connectivity index (χ2n) is 7.85. The van der Waals surface area contributed by atoms with Crippen molar-refractivity contribution < 1.29 is 37.0 Å². The summed E-state index contributed by atoms with van der Waals surface area (Å²) in [6, 6.07) is 12.9. The molecular weight excluding hydrogens is 523 g/mol. The van der Waals surface area contributed by atoms with Gasteiger partial charge < -0.3 is 23.6 Å². The largest absolute Gasteiger partial charge is 0.497 e. The molecule has 38 heavy (non-hydrogen) atoms. The lowest BCUT2D eigenvalue weighted by Crippen LogP contribution is -2.04. The molecule has 0 saturated carbocycles. The minimum atomic E-state index is -4.50. The maximum absolute atomic E-state index is 13.1. The fourth-order valence-corrected chi connectivity index (χ4v) is 4.46. The topological polar surface area (TPSA) is 99.6 Å². The monoisotopic (exact) mass is 545 g/mol. The van der Waals surface area contributed by atoms with Gasteiger partial charge >= 0.3 is 12.1 Å². The highest BCUT2D eigenvalue weighted by atomic mass is 32.2. The number of aliphatic carboxylic acids is 1. The zero-order chi connectivity index (χ0) is 27.4. The number of halogens is 3. The van der Waals surface area contributed by atoms with Crippen LogP contribution in [0, 0.1) is 0 Å². The van der Waals surface area contributed by atoms with Crippen LogP contribution in [0.1, 0.15) is 18.2 Å². The van der Waals surface area contributed by atoms with Gasteiger partial charge in [0.25, 0.3) is 0 Å². The van der Waals surface area contributed by atoms with Gasteiger partial charge in [-0.25, -0.2) is 4.79 Å². The summed E-state index contributed by atoms with van der Waals surface area (Å²) < 4.78 is 57.2. The van der Waals surface area contributed by atoms with E-state index in [1.165, 1.54) is 44.6 Å². The number of benzene rings is 2. The number of furan rings is 1. The van der Waals surface area contributed by atoms with E-state index in [-0.39, 0.29) is 22.0 Å². The van der Waals surface area contributed by atoms with Crippen LogP contribution in [0.4, 0.5) is 13.2 Å². The SMILES string of the molecule is CCn1c(S/C(=C\c2ccc(-c3cccc(C(F)(F)F)c3)o2)C(=O)O)nnc1-c1cc(OC)cc(OC)c1. The van der Waals surface area contributed by atoms with Crippen molar-refractivity contribution in [1.29, 1.82) is 0 Å². The number of carbonyl (C=O) groups is 1. The third-order valence-electron chi connectivity index (χ3n) is 5.43. The number of thioether (sulfide) groups is 1. The van der Waals surface area contributed by atoms with Crippen molar-refractivity contribution in [1.82, 2.24) is 14.8 Å². The number of methoxy groups -OCH3 is 2. The Balaban J connectivity index is 1.64. The van der Waals surface area contributed by atoms with Crippen molar-refractivity contribution in [2.45, 2.75) is 24.8 Å². The van der Waals surface area contributed by atoms with Gasteiger partial charge in [0.2, 0.25) is 0 Å². The molecule has 2 heterocycles. The first-order valence-corrected chi connectivity index (χ1v) is 12.0. The van der Waals surface area contributed by atoms with E-state index in [2.05, 4.69) is 10.2 Å². The normalized spacial score (nSPS) is 12.0. The van der Waals surface area contributed by atoms with Crippen LogP contribution in [0.25, 0.3) is 28.8 Å². The zero-order valence-corrected chi connectivity index (χ0v) is 21.3. The maximum atomic E-state index is 13.1. The molecule has 0 spiro atoms. The molecule has 0 radical (unpaired) electrons. The summed E-state index contributed by atoms with van der Waals surface area (Å²) in [6.07, 6.45) is -3.21. The molecule has 0 amide bonds. The number of hydrogen-bond donors (Lipinski definition) is 1. The third-order valence-corrected chi connectivity index (χ3v) is 6.43. The van der Waals surface area contributed by atoms with Crippen molar-refractivity contribution in [2.24, 2.45) is 0 Å². The number of aromatic nitrogens is 3. The molecule has 1 N–H and O–H groups in total. The number of rotatable bonds is 9. The Morgan fingerprint density at radius 3 is 2.37 bits per heavy atom. The second kappa shape index (κ2) is 11.1. The van der Waals surface area contributed by atoms with Gasteiger partial charge in [-0.05, 0) is 55.1 Å². The van der Waals surface area contributed by atoms with Gasteiger partial charge in [0.05, 0.1) is 19.8 Å². The molecule has 8 nitrogen and oxygen atoms in total. The van der Waals surface area contributed by atoms with E-state index in [0.717, 1.165) is 23.9 Å². The van der Waals surface area contributed by atoms with Crippen LogP contribution in [0.15, 0.2) is 69.1 Å². The molecule has 0 bridgehead atoms. The number of nitrogens with zero attached hydrogens (tertiary/aromatic N) is 3. The van der Waals surface area contributed by atoms with Gasteiger partial charge in [-0.3, -0.25) is 0 Å². The lowest BCUT2D eigenvalue weighted by Gasteiger charge is -2.10. The van der Waals surface area contributed by atoms with Crippen molar-refractivity contribution in [2.75, 3.05) is 14.2 Å². The molecule has 0 atom stereocenters. The average molecular weight is 546 g/mol. The second-order valence-corrected chi connectivity index (χ2v) is 8.86. The first-order chi connectivity index (χ1) is 18.1. The highest BCUT2D eigenvalue weighted by molar-refractivity contribution is 8.04. The summed E-state index contributed by atoms with van der Waals surface area (Å²) in [5.41, 5.74) is 0.0711. The first kappa shape index (κ1) is 26.9. The van der Waals surface area contributed by atoms with Crippen LogP contribution in [0.2, 0.25) is 0 Å². The lowest BCUT2D eigenvalue weighted by atomic mass is 10.1. The van der Waals surface area contributed by atoms with Crippen LogP contribution in [-0.2, 0) is 17.5 Å². The Labute approximate surface area is 219 Å². The molecule has 0 fully saturated rings. The number of ether oxygens (including phenoxy) is 2. The Hall–Kier alpha value is -4.19. The number of carboxylic acids is 1. The van der Waals surface area contributed by atoms with E-state index in [9.17, 15) is 23.1 Å². The van der Waals surface area contributed by atoms with Crippen LogP contribution < -0.4 is 9.47 Å². The van der Waals surface area contributed by atoms with Gasteiger partial charge in [0.15, 0.2) is 11.0 Å². The molecule has 0 aliphatic carbocycles. The molecule has 0 aliphatic rings. The molecular formula is C26H22F3N3O5S. The van der Waals surface area contributed by atoms with Gasteiger partial charge in [0, 0.05) is 29.8 Å². The standard InChI is InChI=1S/C26H22F3N3O5S/c1-4-32-23(16-11-19(35-2)13-20(12-16)36-3)30-31-25(32)38-22(24(33)34)14-18-8-9-21(37-18)15-6-5-7-17(10-15)26(27,28)29/h5-14H,4H2,1-3H3,(H,33,34)/b22-14-. The first-order valence-electron chi connectivity index (χ1n) is 11.2. The van der Waals surface area contributed by atoms with Crippen LogP contribution in [-0.4, -0.2) is 40.1 Å². The van der Waals surface area contributed by atoms with E-state index in [4.69, 9.17) is 13.9 Å². The molecule has 4 aromatic rings. The fraction of sp³-hybridized carbons (Fsp3) is 0.192. The highest BCUT2D eigenvalue weighted by Crippen LogP contribution is 2.35. The lowest BCUT2D eigenvalue weighted by molar-refractivity contribution is -0.137. The average Bonchev–Trinajstić information content (AvgIpc) is 3.54. The molecule has 0 saturated heterocycles. The van der Waals surface area contributed by atoms with Gasteiger partial charge in [0.1, 0.15) is 27.9 Å². The summed E-state index contributed by atoms with van der Waals surface area (Å²) in [7, 11) is 3.06. The maximum Gasteiger partial charge on any atom is 0.416 e. The van der Waals surface area contributed by atoms with Crippen molar-refractivity contribution in [3.05, 3.63) is 70.8 Å². The number of hydrogen-bond acceptors (Lipinski definition) is 7. The molecule has 0 unspecified atom stereocenters. The molecule has 2 aromatic carbocycles. The van der Waals surface area contributed by atoms with Crippen molar-refractivity contribution in [3.8, 4) is 34.2 Å². The minimum absolute atomic E-state index is 0.119. The van der Waals surface area contributed by atoms with Gasteiger partial charge in [-0.15, -0.1) is 10.2 Å². The highest BCUT2D eigenvalue weighted by Gasteiger charge is 2.30. The summed E-state index contributed by atoms with van der Waals surface area (Å²) in [5.74, 6) is 0.689. The third kappa shape index (κ3) is 5.86. The zero-order valence-electron chi connectivity index (χ0n) is 20.4. The minimum Gasteiger partial charge on any atom is -0.497 e. The van der Waals surface area contributed by atoms with Gasteiger partial charge in [-0.2, -0.15) is 13.2 Å². The van der Waals surface area contributed by atoms with E-state index in [1.54, 1.807) is 22.8 Å². The van der Waals surface area contributed by atoms with Crippen molar-refractivity contribution in [3.63, 3.8) is 0 Å². The smallest absolute Gasteiger partial charge is 0.416 e. The van der Waals surface area contributed by atoms with Crippen LogP contribution >= 0.6 is 11.8 Å². The van der Waals surface area contributed by atoms with Gasteiger partial charge in [-0.1, -0.05) is 12.1 Å². The molecule has 0 aliphatic heterocycles.